The lowest BCUT2D eigenvalue weighted by molar-refractivity contribution is 0.267. The van der Waals surface area contributed by atoms with Gasteiger partial charge < -0.3 is 20.3 Å². The van der Waals surface area contributed by atoms with E-state index in [1.807, 2.05) is 37.3 Å². The first-order valence-electron chi connectivity index (χ1n) is 6.72. The van der Waals surface area contributed by atoms with Crippen LogP contribution in [-0.4, -0.2) is 16.8 Å². The maximum Gasteiger partial charge on any atom is 0.129 e. The molecule has 0 radical (unpaired) electrons. The van der Waals surface area contributed by atoms with E-state index >= 15 is 0 Å². The molecule has 5 heteroatoms. The summed E-state index contributed by atoms with van der Waals surface area (Å²) in [5.74, 6) is 0.931. The molecule has 4 nitrogen and oxygen atoms in total. The summed E-state index contributed by atoms with van der Waals surface area (Å²) in [7, 11) is 0. The fourth-order valence-electron chi connectivity index (χ4n) is 1.97. The molecule has 0 fully saturated rings. The van der Waals surface area contributed by atoms with E-state index in [9.17, 15) is 10.2 Å². The zero-order valence-electron chi connectivity index (χ0n) is 11.8. The highest BCUT2D eigenvalue weighted by molar-refractivity contribution is 9.10. The number of benzene rings is 2. The van der Waals surface area contributed by atoms with Gasteiger partial charge in [0.1, 0.15) is 11.5 Å². The second-order valence-corrected chi connectivity index (χ2v) is 5.41. The summed E-state index contributed by atoms with van der Waals surface area (Å²) >= 11 is 3.29. The Labute approximate surface area is 132 Å². The molecule has 0 unspecified atom stereocenters. The molecule has 2 rings (SSSR count). The minimum atomic E-state index is -0.0599. The summed E-state index contributed by atoms with van der Waals surface area (Å²) < 4.78 is 6.12. The molecular weight excluding hydrogens is 334 g/mol. The Kier molecular flexibility index (Phi) is 5.47. The molecule has 0 heterocycles. The van der Waals surface area contributed by atoms with Crippen LogP contribution in [0.1, 0.15) is 18.1 Å². The molecule has 0 atom stereocenters. The van der Waals surface area contributed by atoms with Gasteiger partial charge in [-0.2, -0.15) is 0 Å². The minimum absolute atomic E-state index is 0.0599. The van der Waals surface area contributed by atoms with Crippen LogP contribution in [-0.2, 0) is 13.2 Å². The van der Waals surface area contributed by atoms with Gasteiger partial charge in [0.05, 0.1) is 17.7 Å². The van der Waals surface area contributed by atoms with Crippen LogP contribution in [0.15, 0.2) is 40.9 Å². The molecule has 0 bridgehead atoms. The first kappa shape index (κ1) is 15.7. The smallest absolute Gasteiger partial charge is 0.129 e. The highest BCUT2D eigenvalue weighted by atomic mass is 79.9. The van der Waals surface area contributed by atoms with Crippen LogP contribution in [0.2, 0.25) is 0 Å². The SMILES string of the molecule is CCOc1ccc(NCc2ccc(O)c(Br)c2)cc1CO. The number of anilines is 1. The van der Waals surface area contributed by atoms with Gasteiger partial charge in [-0.25, -0.2) is 0 Å². The molecule has 0 amide bonds. The third-order valence-electron chi connectivity index (χ3n) is 3.04. The fraction of sp³-hybridized carbons (Fsp3) is 0.250. The van der Waals surface area contributed by atoms with Crippen LogP contribution >= 0.6 is 15.9 Å². The van der Waals surface area contributed by atoms with E-state index in [4.69, 9.17) is 4.74 Å². The molecule has 2 aromatic carbocycles. The number of aliphatic hydroxyl groups is 1. The summed E-state index contributed by atoms with van der Waals surface area (Å²) in [6, 6.07) is 11.0. The Balaban J connectivity index is 2.07. The molecule has 21 heavy (non-hydrogen) atoms. The van der Waals surface area contributed by atoms with E-state index in [2.05, 4.69) is 21.2 Å². The normalized spacial score (nSPS) is 10.4. The number of ether oxygens (including phenoxy) is 1. The van der Waals surface area contributed by atoms with Crippen LogP contribution in [0.4, 0.5) is 5.69 Å². The van der Waals surface area contributed by atoms with Crippen molar-refractivity contribution >= 4 is 21.6 Å². The van der Waals surface area contributed by atoms with Crippen molar-refractivity contribution in [3.05, 3.63) is 52.0 Å². The number of aliphatic hydroxyl groups excluding tert-OH is 1. The van der Waals surface area contributed by atoms with Crippen LogP contribution < -0.4 is 10.1 Å². The number of nitrogens with one attached hydrogen (secondary N) is 1. The van der Waals surface area contributed by atoms with Crippen molar-refractivity contribution in [3.8, 4) is 11.5 Å². The quantitative estimate of drug-likeness (QED) is 0.743. The van der Waals surface area contributed by atoms with E-state index in [-0.39, 0.29) is 12.4 Å². The Morgan fingerprint density at radius 3 is 2.67 bits per heavy atom. The second-order valence-electron chi connectivity index (χ2n) is 4.55. The molecule has 112 valence electrons. The number of rotatable bonds is 6. The van der Waals surface area contributed by atoms with Crippen molar-refractivity contribution in [2.24, 2.45) is 0 Å². The van der Waals surface area contributed by atoms with E-state index in [1.54, 1.807) is 6.07 Å². The van der Waals surface area contributed by atoms with Crippen molar-refractivity contribution in [1.82, 2.24) is 0 Å². The fourth-order valence-corrected chi connectivity index (χ4v) is 2.40. The number of hydrogen-bond donors (Lipinski definition) is 3. The lowest BCUT2D eigenvalue weighted by atomic mass is 10.1. The molecule has 0 saturated heterocycles. The molecule has 0 saturated carbocycles. The largest absolute Gasteiger partial charge is 0.507 e. The van der Waals surface area contributed by atoms with Crippen LogP contribution in [0.25, 0.3) is 0 Å². The molecule has 2 aromatic rings. The third-order valence-corrected chi connectivity index (χ3v) is 3.67. The summed E-state index contributed by atoms with van der Waals surface area (Å²) in [6.45, 7) is 3.05. The number of phenols is 1. The van der Waals surface area contributed by atoms with Crippen molar-refractivity contribution in [3.63, 3.8) is 0 Å². The van der Waals surface area contributed by atoms with E-state index in [0.29, 0.717) is 23.4 Å². The molecule has 0 aliphatic rings. The summed E-state index contributed by atoms with van der Waals surface area (Å²) in [5, 5.41) is 22.1. The average Bonchev–Trinajstić information content (AvgIpc) is 2.49. The highest BCUT2D eigenvalue weighted by Gasteiger charge is 2.05. The lowest BCUT2D eigenvalue weighted by Gasteiger charge is -2.12. The lowest BCUT2D eigenvalue weighted by Crippen LogP contribution is -2.02. The predicted molar refractivity (Wildman–Crippen MR) is 86.7 cm³/mol. The summed E-state index contributed by atoms with van der Waals surface area (Å²) in [6.07, 6.45) is 0. The first-order valence-corrected chi connectivity index (χ1v) is 7.51. The summed E-state index contributed by atoms with van der Waals surface area (Å²) in [5.41, 5.74) is 2.71. The Hall–Kier alpha value is -1.72. The van der Waals surface area contributed by atoms with E-state index < -0.39 is 0 Å². The molecule has 0 aromatic heterocycles. The molecular formula is C16H18BrNO3. The van der Waals surface area contributed by atoms with Gasteiger partial charge in [0.2, 0.25) is 0 Å². The van der Waals surface area contributed by atoms with Gasteiger partial charge in [0.15, 0.2) is 0 Å². The van der Waals surface area contributed by atoms with Crippen molar-refractivity contribution in [1.29, 1.82) is 0 Å². The van der Waals surface area contributed by atoms with Crippen molar-refractivity contribution in [2.45, 2.75) is 20.1 Å². The van der Waals surface area contributed by atoms with Crippen LogP contribution in [0, 0.1) is 0 Å². The highest BCUT2D eigenvalue weighted by Crippen LogP contribution is 2.26. The zero-order chi connectivity index (χ0) is 15.2. The Bertz CT molecular complexity index is 616. The standard InChI is InChI=1S/C16H18BrNO3/c1-2-21-16-6-4-13(8-12(16)10-19)18-9-11-3-5-15(20)14(17)7-11/h3-8,18-20H,2,9-10H2,1H3. The van der Waals surface area contributed by atoms with Gasteiger partial charge in [-0.15, -0.1) is 0 Å². The topological polar surface area (TPSA) is 61.7 Å². The number of halogens is 1. The average molecular weight is 352 g/mol. The predicted octanol–water partition coefficient (Wildman–Crippen LogP) is 3.66. The second kappa shape index (κ2) is 7.33. The number of aromatic hydroxyl groups is 1. The van der Waals surface area contributed by atoms with Gasteiger partial charge in [-0.1, -0.05) is 6.07 Å². The number of hydrogen-bond acceptors (Lipinski definition) is 4. The molecule has 0 aliphatic heterocycles. The third kappa shape index (κ3) is 4.12. The molecule has 0 aliphatic carbocycles. The van der Waals surface area contributed by atoms with E-state index in [0.717, 1.165) is 16.8 Å². The van der Waals surface area contributed by atoms with Gasteiger partial charge in [0, 0.05) is 17.8 Å². The van der Waals surface area contributed by atoms with E-state index in [1.165, 1.54) is 0 Å². The monoisotopic (exact) mass is 351 g/mol. The maximum absolute atomic E-state index is 9.47. The summed E-state index contributed by atoms with van der Waals surface area (Å²) in [4.78, 5) is 0. The van der Waals surface area contributed by atoms with Crippen molar-refractivity contribution < 1.29 is 14.9 Å². The molecule has 3 N–H and O–H groups in total. The van der Waals surface area contributed by atoms with Crippen LogP contribution in [0.3, 0.4) is 0 Å². The van der Waals surface area contributed by atoms with Crippen LogP contribution in [0.5, 0.6) is 11.5 Å². The maximum atomic E-state index is 9.47. The van der Waals surface area contributed by atoms with Gasteiger partial charge in [-0.3, -0.25) is 0 Å². The number of phenolic OH excluding ortho intramolecular Hbond substituents is 1. The van der Waals surface area contributed by atoms with Gasteiger partial charge in [0.25, 0.3) is 0 Å². The Morgan fingerprint density at radius 1 is 1.19 bits per heavy atom. The van der Waals surface area contributed by atoms with Crippen molar-refractivity contribution in [2.75, 3.05) is 11.9 Å². The van der Waals surface area contributed by atoms with Gasteiger partial charge in [-0.05, 0) is 58.7 Å². The molecule has 0 spiro atoms. The van der Waals surface area contributed by atoms with Gasteiger partial charge >= 0.3 is 0 Å². The minimum Gasteiger partial charge on any atom is -0.507 e. The Morgan fingerprint density at radius 2 is 2.00 bits per heavy atom. The first-order chi connectivity index (χ1) is 10.1. The zero-order valence-corrected chi connectivity index (χ0v) is 13.4.